The lowest BCUT2D eigenvalue weighted by Crippen LogP contribution is -2.49. The summed E-state index contributed by atoms with van der Waals surface area (Å²) in [6.45, 7) is 7.92. The van der Waals surface area contributed by atoms with Crippen LogP contribution in [0, 0.1) is 12.8 Å². The largest absolute Gasteiger partial charge is 0.409 e. The van der Waals surface area contributed by atoms with Gasteiger partial charge in [-0.2, -0.15) is 0 Å². The normalized spacial score (nSPS) is 22.1. The molecule has 8 nitrogen and oxygen atoms in total. The number of amidine groups is 1. The van der Waals surface area contributed by atoms with E-state index in [2.05, 4.69) is 27.2 Å². The van der Waals surface area contributed by atoms with Crippen LogP contribution in [-0.2, 0) is 9.53 Å². The Labute approximate surface area is 204 Å². The number of aryl methyl sites for hydroxylation is 1. The van der Waals surface area contributed by atoms with E-state index in [4.69, 9.17) is 9.84 Å². The van der Waals surface area contributed by atoms with E-state index in [1.807, 2.05) is 24.3 Å². The van der Waals surface area contributed by atoms with Gasteiger partial charge in [-0.3, -0.25) is 9.69 Å². The Morgan fingerprint density at radius 3 is 2.44 bits per heavy atom. The summed E-state index contributed by atoms with van der Waals surface area (Å²) in [6, 6.07) is 8.42. The standard InChI is InChI=1S/C26H42N4O4/c1-21-3-7-23(8-4-21)26(28-33)30-16-14-29(15-17-30)13-11-22-5-9-24(10-6-22)27-25(32)12-20-34-19-2-18-31/h3-4,7-8,22,24,31,33H,2,5-6,9-20H2,1H3,(H,27,32)/b28-26+. The molecule has 190 valence electrons. The number of carbonyl (C=O) groups is 1. The molecule has 0 unspecified atom stereocenters. The summed E-state index contributed by atoms with van der Waals surface area (Å²) in [5.74, 6) is 1.47. The number of hydrogen-bond acceptors (Lipinski definition) is 6. The van der Waals surface area contributed by atoms with Crippen molar-refractivity contribution in [2.75, 3.05) is 52.5 Å². The van der Waals surface area contributed by atoms with Crippen LogP contribution in [0.4, 0.5) is 0 Å². The molecule has 1 aromatic carbocycles. The number of benzene rings is 1. The van der Waals surface area contributed by atoms with Crippen molar-refractivity contribution in [3.05, 3.63) is 35.4 Å². The monoisotopic (exact) mass is 474 g/mol. The molecule has 1 saturated carbocycles. The Morgan fingerprint density at radius 2 is 1.79 bits per heavy atom. The van der Waals surface area contributed by atoms with Crippen LogP contribution in [-0.4, -0.2) is 90.4 Å². The Kier molecular flexibility index (Phi) is 11.1. The number of carbonyl (C=O) groups excluding carboxylic acids is 1. The van der Waals surface area contributed by atoms with Gasteiger partial charge in [-0.15, -0.1) is 0 Å². The number of nitrogens with zero attached hydrogens (tertiary/aromatic N) is 3. The van der Waals surface area contributed by atoms with E-state index in [9.17, 15) is 10.0 Å². The van der Waals surface area contributed by atoms with Gasteiger partial charge in [0, 0.05) is 57.4 Å². The van der Waals surface area contributed by atoms with Crippen molar-refractivity contribution in [2.45, 2.75) is 57.9 Å². The third-order valence-corrected chi connectivity index (χ3v) is 7.06. The molecule has 1 aliphatic carbocycles. The van der Waals surface area contributed by atoms with E-state index >= 15 is 0 Å². The smallest absolute Gasteiger partial charge is 0.222 e. The minimum Gasteiger partial charge on any atom is -0.409 e. The molecule has 0 atom stereocenters. The molecule has 0 aromatic heterocycles. The van der Waals surface area contributed by atoms with E-state index in [0.717, 1.165) is 57.0 Å². The fourth-order valence-corrected chi connectivity index (χ4v) is 4.88. The van der Waals surface area contributed by atoms with Crippen molar-refractivity contribution in [3.63, 3.8) is 0 Å². The first-order valence-electron chi connectivity index (χ1n) is 12.8. The molecule has 1 amide bonds. The first-order chi connectivity index (χ1) is 16.6. The van der Waals surface area contributed by atoms with Crippen LogP contribution in [0.15, 0.2) is 29.4 Å². The summed E-state index contributed by atoms with van der Waals surface area (Å²) >= 11 is 0. The summed E-state index contributed by atoms with van der Waals surface area (Å²) in [5.41, 5.74) is 2.15. The van der Waals surface area contributed by atoms with Gasteiger partial charge in [0.1, 0.15) is 0 Å². The number of piperazine rings is 1. The number of rotatable bonds is 11. The molecule has 0 bridgehead atoms. The van der Waals surface area contributed by atoms with Crippen molar-refractivity contribution in [3.8, 4) is 0 Å². The fraction of sp³-hybridized carbons (Fsp3) is 0.692. The topological polar surface area (TPSA) is 97.6 Å². The number of aliphatic hydroxyl groups excluding tert-OH is 1. The highest BCUT2D eigenvalue weighted by Crippen LogP contribution is 2.27. The first kappa shape index (κ1) is 26.4. The molecule has 0 radical (unpaired) electrons. The highest BCUT2D eigenvalue weighted by atomic mass is 16.5. The molecule has 2 aliphatic rings. The summed E-state index contributed by atoms with van der Waals surface area (Å²) < 4.78 is 5.35. The van der Waals surface area contributed by atoms with Crippen LogP contribution in [0.25, 0.3) is 0 Å². The predicted molar refractivity (Wildman–Crippen MR) is 133 cm³/mol. The molecule has 3 N–H and O–H groups in total. The van der Waals surface area contributed by atoms with Gasteiger partial charge in [-0.1, -0.05) is 35.0 Å². The maximum absolute atomic E-state index is 12.1. The lowest BCUT2D eigenvalue weighted by atomic mass is 9.84. The second kappa shape index (κ2) is 14.3. The predicted octanol–water partition coefficient (Wildman–Crippen LogP) is 2.60. The molecular weight excluding hydrogens is 432 g/mol. The Hall–Kier alpha value is -2.16. The van der Waals surface area contributed by atoms with Crippen LogP contribution < -0.4 is 5.32 Å². The molecule has 1 aromatic rings. The molecule has 2 fully saturated rings. The van der Waals surface area contributed by atoms with Crippen molar-refractivity contribution in [2.24, 2.45) is 11.1 Å². The van der Waals surface area contributed by atoms with E-state index in [0.29, 0.717) is 37.9 Å². The molecular formula is C26H42N4O4. The fourth-order valence-electron chi connectivity index (χ4n) is 4.88. The van der Waals surface area contributed by atoms with Crippen molar-refractivity contribution >= 4 is 11.7 Å². The van der Waals surface area contributed by atoms with Gasteiger partial charge in [-0.05, 0) is 57.9 Å². The SMILES string of the molecule is Cc1ccc(/C(=N\O)N2CCN(CCC3CCC(NC(=O)CCOCCCO)CC3)CC2)cc1. The second-order valence-electron chi connectivity index (χ2n) is 9.63. The third-order valence-electron chi connectivity index (χ3n) is 7.06. The van der Waals surface area contributed by atoms with Gasteiger partial charge in [0.2, 0.25) is 5.91 Å². The average molecular weight is 475 g/mol. The summed E-state index contributed by atoms with van der Waals surface area (Å²) in [6.07, 6.45) is 6.68. The maximum atomic E-state index is 12.1. The quantitative estimate of drug-likeness (QED) is 0.150. The second-order valence-corrected chi connectivity index (χ2v) is 9.63. The van der Waals surface area contributed by atoms with Crippen molar-refractivity contribution < 1.29 is 19.8 Å². The highest BCUT2D eigenvalue weighted by Gasteiger charge is 2.25. The number of aliphatic hydroxyl groups is 1. The van der Waals surface area contributed by atoms with E-state index in [1.54, 1.807) is 0 Å². The molecule has 8 heteroatoms. The minimum atomic E-state index is 0.0711. The maximum Gasteiger partial charge on any atom is 0.222 e. The molecule has 0 spiro atoms. The lowest BCUT2D eigenvalue weighted by Gasteiger charge is -2.37. The summed E-state index contributed by atoms with van der Waals surface area (Å²) in [4.78, 5) is 16.8. The molecule has 1 saturated heterocycles. The average Bonchev–Trinajstić information content (AvgIpc) is 2.86. The van der Waals surface area contributed by atoms with E-state index < -0.39 is 0 Å². The number of hydrogen-bond donors (Lipinski definition) is 3. The van der Waals surface area contributed by atoms with Gasteiger partial charge in [-0.25, -0.2) is 0 Å². The highest BCUT2D eigenvalue weighted by molar-refractivity contribution is 5.98. The van der Waals surface area contributed by atoms with Gasteiger partial charge in [0.05, 0.1) is 6.61 Å². The molecule has 34 heavy (non-hydrogen) atoms. The molecule has 1 aliphatic heterocycles. The summed E-state index contributed by atoms with van der Waals surface area (Å²) in [7, 11) is 0. The number of oxime groups is 1. The zero-order chi connectivity index (χ0) is 24.2. The zero-order valence-electron chi connectivity index (χ0n) is 20.6. The van der Waals surface area contributed by atoms with Crippen molar-refractivity contribution in [1.82, 2.24) is 15.1 Å². The van der Waals surface area contributed by atoms with Crippen LogP contribution in [0.2, 0.25) is 0 Å². The minimum absolute atomic E-state index is 0.0711. The zero-order valence-corrected chi connectivity index (χ0v) is 20.6. The first-order valence-corrected chi connectivity index (χ1v) is 12.8. The third kappa shape index (κ3) is 8.56. The van der Waals surface area contributed by atoms with E-state index in [1.165, 1.54) is 24.8 Å². The van der Waals surface area contributed by atoms with Crippen LogP contribution in [0.1, 0.15) is 56.1 Å². The Bertz CT molecular complexity index is 755. The number of ether oxygens (including phenoxy) is 1. The van der Waals surface area contributed by atoms with Gasteiger partial charge >= 0.3 is 0 Å². The van der Waals surface area contributed by atoms with Crippen molar-refractivity contribution in [1.29, 1.82) is 0 Å². The number of amides is 1. The lowest BCUT2D eigenvalue weighted by molar-refractivity contribution is -0.123. The molecule has 1 heterocycles. The van der Waals surface area contributed by atoms with Gasteiger partial charge in [0.25, 0.3) is 0 Å². The van der Waals surface area contributed by atoms with Crippen LogP contribution in [0.5, 0.6) is 0 Å². The van der Waals surface area contributed by atoms with Crippen LogP contribution >= 0.6 is 0 Å². The van der Waals surface area contributed by atoms with Crippen LogP contribution in [0.3, 0.4) is 0 Å². The Balaban J connectivity index is 1.29. The summed E-state index contributed by atoms with van der Waals surface area (Å²) in [5, 5.41) is 25.1. The van der Waals surface area contributed by atoms with E-state index in [-0.39, 0.29) is 12.5 Å². The Morgan fingerprint density at radius 1 is 1.09 bits per heavy atom. The molecule has 3 rings (SSSR count). The van der Waals surface area contributed by atoms with Gasteiger partial charge in [0.15, 0.2) is 5.84 Å². The number of nitrogens with one attached hydrogen (secondary N) is 1. The van der Waals surface area contributed by atoms with Gasteiger partial charge < -0.3 is 25.3 Å².